The van der Waals surface area contributed by atoms with E-state index < -0.39 is 0 Å². The van der Waals surface area contributed by atoms with E-state index in [2.05, 4.69) is 17.2 Å². The van der Waals surface area contributed by atoms with E-state index >= 15 is 0 Å². The van der Waals surface area contributed by atoms with Crippen LogP contribution in [-0.4, -0.2) is 17.5 Å². The number of nitrogens with one attached hydrogen (secondary N) is 1. The maximum absolute atomic E-state index is 12.0. The summed E-state index contributed by atoms with van der Waals surface area (Å²) >= 11 is 1.61. The van der Waals surface area contributed by atoms with Gasteiger partial charge in [0.25, 0.3) is 5.91 Å². The Hall–Kier alpha value is -2.40. The van der Waals surface area contributed by atoms with Gasteiger partial charge in [-0.2, -0.15) is 0 Å². The molecule has 1 heterocycles. The number of aryl methyl sites for hydroxylation is 2. The summed E-state index contributed by atoms with van der Waals surface area (Å²) in [6.45, 7) is 4.05. The molecule has 23 heavy (non-hydrogen) atoms. The van der Waals surface area contributed by atoms with E-state index in [9.17, 15) is 4.79 Å². The summed E-state index contributed by atoms with van der Waals surface area (Å²) in [6.07, 6.45) is 0.942. The minimum atomic E-state index is -0.174. The number of hydrogen-bond donors (Lipinski definition) is 1. The molecule has 0 bridgehead atoms. The van der Waals surface area contributed by atoms with Crippen molar-refractivity contribution in [2.45, 2.75) is 20.3 Å². The molecule has 0 unspecified atom stereocenters. The van der Waals surface area contributed by atoms with E-state index in [1.54, 1.807) is 11.3 Å². The molecule has 0 aliphatic carbocycles. The van der Waals surface area contributed by atoms with Gasteiger partial charge < -0.3 is 10.1 Å². The highest BCUT2D eigenvalue weighted by Crippen LogP contribution is 2.24. The third-order valence-electron chi connectivity index (χ3n) is 3.46. The van der Waals surface area contributed by atoms with Gasteiger partial charge >= 0.3 is 0 Å². The quantitative estimate of drug-likeness (QED) is 0.765. The average molecular weight is 326 g/mol. The molecule has 0 aliphatic heterocycles. The lowest BCUT2D eigenvalue weighted by Crippen LogP contribution is -2.20. The molecule has 5 heteroatoms. The first kappa shape index (κ1) is 15.5. The zero-order chi connectivity index (χ0) is 16.2. The lowest BCUT2D eigenvalue weighted by Gasteiger charge is -2.08. The molecule has 0 saturated carbocycles. The van der Waals surface area contributed by atoms with Crippen molar-refractivity contribution in [2.24, 2.45) is 0 Å². The fourth-order valence-electron chi connectivity index (χ4n) is 2.32. The zero-order valence-corrected chi connectivity index (χ0v) is 13.9. The molecule has 0 saturated heterocycles. The molecule has 3 aromatic rings. The molecule has 0 radical (unpaired) electrons. The van der Waals surface area contributed by atoms with E-state index in [0.29, 0.717) is 5.75 Å². The van der Waals surface area contributed by atoms with Crippen LogP contribution in [0, 0.1) is 6.92 Å². The number of ether oxygens (including phenoxy) is 1. The smallest absolute Gasteiger partial charge is 0.262 e. The predicted octanol–water partition coefficient (Wildman–Crippen LogP) is 4.18. The number of anilines is 1. The first-order valence-electron chi connectivity index (χ1n) is 7.53. The summed E-state index contributed by atoms with van der Waals surface area (Å²) in [5.74, 6) is 0.542. The van der Waals surface area contributed by atoms with Gasteiger partial charge in [0.2, 0.25) is 0 Å². The van der Waals surface area contributed by atoms with Crippen molar-refractivity contribution in [3.8, 4) is 5.75 Å². The highest BCUT2D eigenvalue weighted by molar-refractivity contribution is 7.18. The number of carbonyl (C=O) groups is 1. The highest BCUT2D eigenvalue weighted by Gasteiger charge is 2.06. The van der Waals surface area contributed by atoms with Gasteiger partial charge in [0.05, 0.1) is 15.2 Å². The zero-order valence-electron chi connectivity index (χ0n) is 13.1. The molecule has 1 amide bonds. The van der Waals surface area contributed by atoms with Gasteiger partial charge in [-0.1, -0.05) is 19.1 Å². The van der Waals surface area contributed by atoms with Crippen molar-refractivity contribution in [3.05, 3.63) is 53.0 Å². The second kappa shape index (κ2) is 6.79. The number of rotatable bonds is 5. The Kier molecular flexibility index (Phi) is 4.57. The Labute approximate surface area is 139 Å². The molecule has 0 spiro atoms. The van der Waals surface area contributed by atoms with Crippen LogP contribution in [0.3, 0.4) is 0 Å². The summed E-state index contributed by atoms with van der Waals surface area (Å²) < 4.78 is 6.62. The van der Waals surface area contributed by atoms with Gasteiger partial charge in [-0.3, -0.25) is 4.79 Å². The van der Waals surface area contributed by atoms with Gasteiger partial charge in [-0.05, 0) is 49.2 Å². The Bertz CT molecular complexity index is 842. The first-order valence-corrected chi connectivity index (χ1v) is 8.34. The van der Waals surface area contributed by atoms with Crippen LogP contribution in [-0.2, 0) is 11.2 Å². The van der Waals surface area contributed by atoms with Crippen LogP contribution < -0.4 is 10.1 Å². The van der Waals surface area contributed by atoms with Crippen LogP contribution >= 0.6 is 11.3 Å². The van der Waals surface area contributed by atoms with Crippen molar-refractivity contribution < 1.29 is 9.53 Å². The van der Waals surface area contributed by atoms with E-state index in [1.165, 1.54) is 5.56 Å². The first-order chi connectivity index (χ1) is 11.1. The Balaban J connectivity index is 1.61. The standard InChI is InChI=1S/C18H18N2O2S/c1-3-13-5-4-6-15(9-13)22-11-18(21)20-14-7-8-16-17(10-14)23-12(2)19-16/h4-10H,3,11H2,1-2H3,(H,20,21). The Morgan fingerprint density at radius 1 is 1.26 bits per heavy atom. The summed E-state index contributed by atoms with van der Waals surface area (Å²) in [4.78, 5) is 16.4. The maximum Gasteiger partial charge on any atom is 0.262 e. The van der Waals surface area contributed by atoms with Gasteiger partial charge in [-0.15, -0.1) is 11.3 Å². The van der Waals surface area contributed by atoms with Gasteiger partial charge in [-0.25, -0.2) is 4.98 Å². The molecule has 1 aromatic heterocycles. The van der Waals surface area contributed by atoms with Crippen molar-refractivity contribution >= 4 is 33.1 Å². The molecule has 0 fully saturated rings. The number of nitrogens with zero attached hydrogens (tertiary/aromatic N) is 1. The van der Waals surface area contributed by atoms with Gasteiger partial charge in [0.1, 0.15) is 5.75 Å². The molecular weight excluding hydrogens is 308 g/mol. The fraction of sp³-hybridized carbons (Fsp3) is 0.222. The SMILES string of the molecule is CCc1cccc(OCC(=O)Nc2ccc3nc(C)sc3c2)c1. The van der Waals surface area contributed by atoms with Crippen LogP contribution in [0.5, 0.6) is 5.75 Å². The van der Waals surface area contributed by atoms with Crippen molar-refractivity contribution in [1.82, 2.24) is 4.98 Å². The van der Waals surface area contributed by atoms with Crippen molar-refractivity contribution in [3.63, 3.8) is 0 Å². The largest absolute Gasteiger partial charge is 0.484 e. The van der Waals surface area contributed by atoms with Gasteiger partial charge in [0.15, 0.2) is 6.61 Å². The average Bonchev–Trinajstić information content (AvgIpc) is 2.92. The highest BCUT2D eigenvalue weighted by atomic mass is 32.1. The summed E-state index contributed by atoms with van der Waals surface area (Å²) in [7, 11) is 0. The van der Waals surface area contributed by atoms with Gasteiger partial charge in [0, 0.05) is 5.69 Å². The molecule has 1 N–H and O–H groups in total. The summed E-state index contributed by atoms with van der Waals surface area (Å²) in [5.41, 5.74) is 2.91. The molecule has 118 valence electrons. The van der Waals surface area contributed by atoms with Crippen LogP contribution in [0.25, 0.3) is 10.2 Å². The minimum Gasteiger partial charge on any atom is -0.484 e. The lowest BCUT2D eigenvalue weighted by molar-refractivity contribution is -0.118. The van der Waals surface area contributed by atoms with Crippen LogP contribution in [0.15, 0.2) is 42.5 Å². The van der Waals surface area contributed by atoms with E-state index in [1.807, 2.05) is 49.4 Å². The summed E-state index contributed by atoms with van der Waals surface area (Å²) in [6, 6.07) is 13.5. The molecular formula is C18H18N2O2S. The molecule has 3 rings (SSSR count). The van der Waals surface area contributed by atoms with Crippen LogP contribution in [0.4, 0.5) is 5.69 Å². The van der Waals surface area contributed by atoms with E-state index in [0.717, 1.165) is 27.3 Å². The fourth-order valence-corrected chi connectivity index (χ4v) is 3.19. The number of benzene rings is 2. The van der Waals surface area contributed by atoms with Crippen LogP contribution in [0.2, 0.25) is 0 Å². The number of fused-ring (bicyclic) bond motifs is 1. The second-order valence-electron chi connectivity index (χ2n) is 5.25. The number of thiazole rings is 1. The second-order valence-corrected chi connectivity index (χ2v) is 6.49. The molecule has 0 aliphatic rings. The predicted molar refractivity (Wildman–Crippen MR) is 94.3 cm³/mol. The molecule has 4 nitrogen and oxygen atoms in total. The lowest BCUT2D eigenvalue weighted by atomic mass is 10.2. The number of aromatic nitrogens is 1. The van der Waals surface area contributed by atoms with Crippen LogP contribution in [0.1, 0.15) is 17.5 Å². The third kappa shape index (κ3) is 3.87. The Morgan fingerprint density at radius 3 is 2.96 bits per heavy atom. The van der Waals surface area contributed by atoms with Crippen molar-refractivity contribution in [2.75, 3.05) is 11.9 Å². The number of amides is 1. The normalized spacial score (nSPS) is 10.7. The maximum atomic E-state index is 12.0. The topological polar surface area (TPSA) is 51.2 Å². The molecule has 2 aromatic carbocycles. The number of hydrogen-bond acceptors (Lipinski definition) is 4. The van der Waals surface area contributed by atoms with E-state index in [4.69, 9.17) is 4.74 Å². The summed E-state index contributed by atoms with van der Waals surface area (Å²) in [5, 5.41) is 3.87. The van der Waals surface area contributed by atoms with E-state index in [-0.39, 0.29) is 12.5 Å². The number of carbonyl (C=O) groups excluding carboxylic acids is 1. The minimum absolute atomic E-state index is 0.00702. The Morgan fingerprint density at radius 2 is 2.13 bits per heavy atom. The van der Waals surface area contributed by atoms with Crippen molar-refractivity contribution in [1.29, 1.82) is 0 Å². The third-order valence-corrected chi connectivity index (χ3v) is 4.39. The monoisotopic (exact) mass is 326 g/mol. The molecule has 0 atom stereocenters.